The molecule has 136 valence electrons. The number of piperidine rings is 1. The number of methoxy groups -OCH3 is 1. The minimum Gasteiger partial charge on any atom is -0.497 e. The Hall–Kier alpha value is -2.36. The van der Waals surface area contributed by atoms with Crippen molar-refractivity contribution < 1.29 is 9.53 Å². The van der Waals surface area contributed by atoms with E-state index in [4.69, 9.17) is 4.74 Å². The van der Waals surface area contributed by atoms with E-state index in [1.54, 1.807) is 7.11 Å². The van der Waals surface area contributed by atoms with Crippen LogP contribution in [0.3, 0.4) is 0 Å². The van der Waals surface area contributed by atoms with Crippen LogP contribution in [0.2, 0.25) is 0 Å². The summed E-state index contributed by atoms with van der Waals surface area (Å²) in [6.07, 6.45) is 8.97. The molecule has 1 unspecified atom stereocenters. The zero-order valence-corrected chi connectivity index (χ0v) is 15.4. The van der Waals surface area contributed by atoms with Gasteiger partial charge in [-0.15, -0.1) is 0 Å². The molecule has 2 aromatic rings. The van der Waals surface area contributed by atoms with Gasteiger partial charge in [0.2, 0.25) is 5.91 Å². The van der Waals surface area contributed by atoms with Gasteiger partial charge < -0.3 is 9.64 Å². The smallest absolute Gasteiger partial charge is 0.233 e. The first-order chi connectivity index (χ1) is 12.7. The van der Waals surface area contributed by atoms with Gasteiger partial charge in [-0.25, -0.2) is 0 Å². The Labute approximate surface area is 155 Å². The van der Waals surface area contributed by atoms with Crippen LogP contribution in [0.1, 0.15) is 36.8 Å². The van der Waals surface area contributed by atoms with Crippen LogP contribution in [0.25, 0.3) is 0 Å². The highest BCUT2D eigenvalue weighted by Crippen LogP contribution is 2.50. The van der Waals surface area contributed by atoms with E-state index >= 15 is 0 Å². The predicted octanol–water partition coefficient (Wildman–Crippen LogP) is 3.60. The van der Waals surface area contributed by atoms with Crippen LogP contribution in [0.5, 0.6) is 5.75 Å². The number of rotatable bonds is 5. The minimum atomic E-state index is -0.289. The van der Waals surface area contributed by atoms with Gasteiger partial charge >= 0.3 is 0 Å². The number of carbonyl (C=O) groups is 1. The van der Waals surface area contributed by atoms with Crippen LogP contribution in [0.4, 0.5) is 0 Å². The molecule has 4 rings (SSSR count). The van der Waals surface area contributed by atoms with Crippen molar-refractivity contribution in [3.8, 4) is 5.75 Å². The highest BCUT2D eigenvalue weighted by atomic mass is 16.5. The summed E-state index contributed by atoms with van der Waals surface area (Å²) >= 11 is 0. The number of hydrogen-bond donors (Lipinski definition) is 0. The van der Waals surface area contributed by atoms with Crippen molar-refractivity contribution in [3.05, 3.63) is 59.9 Å². The van der Waals surface area contributed by atoms with Gasteiger partial charge in [0.15, 0.2) is 0 Å². The molecule has 2 aliphatic rings. The first-order valence-electron chi connectivity index (χ1n) is 9.54. The lowest BCUT2D eigenvalue weighted by molar-refractivity contribution is -0.135. The molecule has 0 radical (unpaired) electrons. The third-order valence-electron chi connectivity index (χ3n) is 5.86. The molecule has 4 nitrogen and oxygen atoms in total. The van der Waals surface area contributed by atoms with E-state index in [-0.39, 0.29) is 5.41 Å². The standard InChI is InChI=1S/C22H26N2O2/c1-26-20-8-6-19(7-9-20)22(10-11-22)21(25)24-13-3-5-18(16-24)14-17-4-2-12-23-15-17/h2,4,6-9,12,15,18H,3,5,10-11,13-14,16H2,1H3. The molecule has 0 spiro atoms. The van der Waals surface area contributed by atoms with Gasteiger partial charge in [-0.05, 0) is 67.3 Å². The maximum Gasteiger partial charge on any atom is 0.233 e. The van der Waals surface area contributed by atoms with Crippen LogP contribution in [-0.2, 0) is 16.6 Å². The van der Waals surface area contributed by atoms with Gasteiger partial charge in [0.1, 0.15) is 5.75 Å². The predicted molar refractivity (Wildman–Crippen MR) is 101 cm³/mol. The summed E-state index contributed by atoms with van der Waals surface area (Å²) in [6.45, 7) is 1.76. The normalized spacial score (nSPS) is 21.3. The zero-order chi connectivity index (χ0) is 18.0. The fourth-order valence-electron chi connectivity index (χ4n) is 4.23. The lowest BCUT2D eigenvalue weighted by Gasteiger charge is -2.35. The van der Waals surface area contributed by atoms with E-state index in [0.717, 1.165) is 50.1 Å². The summed E-state index contributed by atoms with van der Waals surface area (Å²) in [5, 5.41) is 0. The first-order valence-corrected chi connectivity index (χ1v) is 9.54. The molecule has 1 saturated heterocycles. The van der Waals surface area contributed by atoms with Crippen molar-refractivity contribution in [3.63, 3.8) is 0 Å². The van der Waals surface area contributed by atoms with Gasteiger partial charge in [-0.1, -0.05) is 18.2 Å². The first kappa shape index (κ1) is 17.1. The molecule has 1 aromatic heterocycles. The Kier molecular flexibility index (Phi) is 4.66. The molecular weight excluding hydrogens is 324 g/mol. The van der Waals surface area contributed by atoms with Crippen LogP contribution >= 0.6 is 0 Å². The van der Waals surface area contributed by atoms with E-state index in [1.165, 1.54) is 12.0 Å². The van der Waals surface area contributed by atoms with E-state index in [1.807, 2.05) is 30.6 Å². The van der Waals surface area contributed by atoms with Gasteiger partial charge in [0.05, 0.1) is 12.5 Å². The number of likely N-dealkylation sites (tertiary alicyclic amines) is 1. The van der Waals surface area contributed by atoms with Crippen molar-refractivity contribution in [1.29, 1.82) is 0 Å². The number of benzene rings is 1. The van der Waals surface area contributed by atoms with Crippen LogP contribution in [-0.4, -0.2) is 36.0 Å². The Balaban J connectivity index is 1.45. The van der Waals surface area contributed by atoms with Gasteiger partial charge in [0.25, 0.3) is 0 Å². The molecule has 1 amide bonds. The second-order valence-electron chi connectivity index (χ2n) is 7.64. The monoisotopic (exact) mass is 350 g/mol. The second-order valence-corrected chi connectivity index (χ2v) is 7.64. The molecule has 1 aliphatic carbocycles. The SMILES string of the molecule is COc1ccc(C2(C(=O)N3CCCC(Cc4cccnc4)C3)CC2)cc1. The number of carbonyl (C=O) groups excluding carboxylic acids is 1. The molecule has 0 bridgehead atoms. The summed E-state index contributed by atoms with van der Waals surface area (Å²) < 4.78 is 5.25. The lowest BCUT2D eigenvalue weighted by Crippen LogP contribution is -2.45. The lowest BCUT2D eigenvalue weighted by atomic mass is 9.89. The summed E-state index contributed by atoms with van der Waals surface area (Å²) in [4.78, 5) is 19.6. The quantitative estimate of drug-likeness (QED) is 0.827. The van der Waals surface area contributed by atoms with Crippen molar-refractivity contribution in [2.45, 2.75) is 37.5 Å². The molecule has 2 heterocycles. The van der Waals surface area contributed by atoms with Crippen molar-refractivity contribution >= 4 is 5.91 Å². The highest BCUT2D eigenvalue weighted by molar-refractivity contribution is 5.91. The third-order valence-corrected chi connectivity index (χ3v) is 5.86. The molecule has 26 heavy (non-hydrogen) atoms. The van der Waals surface area contributed by atoms with E-state index in [9.17, 15) is 4.79 Å². The molecule has 0 N–H and O–H groups in total. The zero-order valence-electron chi connectivity index (χ0n) is 15.4. The maximum absolute atomic E-state index is 13.3. The van der Waals surface area contributed by atoms with Gasteiger partial charge in [0, 0.05) is 25.5 Å². The van der Waals surface area contributed by atoms with Crippen LogP contribution in [0, 0.1) is 5.92 Å². The molecule has 1 aliphatic heterocycles. The van der Waals surface area contributed by atoms with Crippen LogP contribution in [0.15, 0.2) is 48.8 Å². The number of nitrogens with zero attached hydrogens (tertiary/aromatic N) is 2. The Morgan fingerprint density at radius 3 is 2.73 bits per heavy atom. The van der Waals surface area contributed by atoms with Crippen molar-refractivity contribution in [1.82, 2.24) is 9.88 Å². The molecule has 2 fully saturated rings. The number of pyridine rings is 1. The maximum atomic E-state index is 13.3. The summed E-state index contributed by atoms with van der Waals surface area (Å²) in [5.41, 5.74) is 2.11. The number of amides is 1. The second kappa shape index (κ2) is 7.10. The van der Waals surface area contributed by atoms with E-state index in [2.05, 4.69) is 28.1 Å². The fourth-order valence-corrected chi connectivity index (χ4v) is 4.23. The average Bonchev–Trinajstić information content (AvgIpc) is 3.50. The molecular formula is C22H26N2O2. The average molecular weight is 350 g/mol. The molecule has 4 heteroatoms. The van der Waals surface area contributed by atoms with Gasteiger partial charge in [-0.3, -0.25) is 9.78 Å². The Morgan fingerprint density at radius 1 is 1.27 bits per heavy atom. The molecule has 1 saturated carbocycles. The van der Waals surface area contributed by atoms with Crippen molar-refractivity contribution in [2.75, 3.05) is 20.2 Å². The highest BCUT2D eigenvalue weighted by Gasteiger charge is 2.53. The van der Waals surface area contributed by atoms with Crippen LogP contribution < -0.4 is 4.74 Å². The van der Waals surface area contributed by atoms with E-state index in [0.29, 0.717) is 11.8 Å². The largest absolute Gasteiger partial charge is 0.497 e. The Morgan fingerprint density at radius 2 is 2.08 bits per heavy atom. The number of aromatic nitrogens is 1. The minimum absolute atomic E-state index is 0.289. The summed E-state index contributed by atoms with van der Waals surface area (Å²) in [6, 6.07) is 12.2. The number of hydrogen-bond acceptors (Lipinski definition) is 3. The molecule has 1 aromatic carbocycles. The van der Waals surface area contributed by atoms with Crippen molar-refractivity contribution in [2.24, 2.45) is 5.92 Å². The van der Waals surface area contributed by atoms with E-state index < -0.39 is 0 Å². The molecule has 1 atom stereocenters. The third kappa shape index (κ3) is 3.33. The summed E-state index contributed by atoms with van der Waals surface area (Å²) in [7, 11) is 1.67. The summed E-state index contributed by atoms with van der Waals surface area (Å²) in [5.74, 6) is 1.69. The number of ether oxygens (including phenoxy) is 1. The topological polar surface area (TPSA) is 42.4 Å². The van der Waals surface area contributed by atoms with Gasteiger partial charge in [-0.2, -0.15) is 0 Å². The fraction of sp³-hybridized carbons (Fsp3) is 0.455. The Bertz CT molecular complexity index is 753.